The van der Waals surface area contributed by atoms with E-state index in [1.165, 1.54) is 5.56 Å². The standard InChI is InChI=1S/C21H31N5O2S.HI/c1-4-20-25-17(15-29-20)13-23-21(22-2)24-14-19(26-9-11-28-12-10-26)16-5-7-18(27-3)8-6-16;/h5-8,15,19H,4,9-14H2,1-3H3,(H2,22,23,24);1H. The van der Waals surface area contributed by atoms with Gasteiger partial charge >= 0.3 is 0 Å². The smallest absolute Gasteiger partial charge is 0.191 e. The summed E-state index contributed by atoms with van der Waals surface area (Å²) in [4.78, 5) is 11.4. The number of ether oxygens (including phenoxy) is 2. The summed E-state index contributed by atoms with van der Waals surface area (Å²) in [6.45, 7) is 6.92. The normalized spacial score (nSPS) is 15.9. The van der Waals surface area contributed by atoms with Crippen molar-refractivity contribution >= 4 is 41.3 Å². The van der Waals surface area contributed by atoms with Gasteiger partial charge in [0.05, 0.1) is 43.6 Å². The number of aromatic nitrogens is 1. The number of aryl methyl sites for hydroxylation is 1. The van der Waals surface area contributed by atoms with Crippen LogP contribution in [0.4, 0.5) is 0 Å². The predicted molar refractivity (Wildman–Crippen MR) is 133 cm³/mol. The van der Waals surface area contributed by atoms with Crippen molar-refractivity contribution in [2.75, 3.05) is 47.0 Å². The third-order valence-corrected chi connectivity index (χ3v) is 6.05. The quantitative estimate of drug-likeness (QED) is 0.302. The highest BCUT2D eigenvalue weighted by Gasteiger charge is 2.23. The van der Waals surface area contributed by atoms with Crippen molar-refractivity contribution in [2.45, 2.75) is 25.9 Å². The fourth-order valence-electron chi connectivity index (χ4n) is 3.35. The van der Waals surface area contributed by atoms with Crippen molar-refractivity contribution in [3.05, 3.63) is 45.9 Å². The number of morpholine rings is 1. The molecule has 0 aliphatic carbocycles. The van der Waals surface area contributed by atoms with Crippen molar-refractivity contribution in [1.29, 1.82) is 0 Å². The molecule has 2 aromatic rings. The maximum absolute atomic E-state index is 5.54. The van der Waals surface area contributed by atoms with Gasteiger partial charge in [-0.2, -0.15) is 0 Å². The van der Waals surface area contributed by atoms with E-state index in [2.05, 4.69) is 49.9 Å². The first-order chi connectivity index (χ1) is 14.2. The molecule has 0 amide bonds. The average molecular weight is 545 g/mol. The zero-order valence-corrected chi connectivity index (χ0v) is 21.0. The number of benzene rings is 1. The van der Waals surface area contributed by atoms with Crippen molar-refractivity contribution in [3.63, 3.8) is 0 Å². The predicted octanol–water partition coefficient (Wildman–Crippen LogP) is 3.07. The highest BCUT2D eigenvalue weighted by Crippen LogP contribution is 2.23. The second-order valence-corrected chi connectivity index (χ2v) is 7.77. The van der Waals surface area contributed by atoms with Crippen LogP contribution in [0.1, 0.15) is 29.2 Å². The summed E-state index contributed by atoms with van der Waals surface area (Å²) in [7, 11) is 3.49. The van der Waals surface area contributed by atoms with Crippen LogP contribution in [0.2, 0.25) is 0 Å². The summed E-state index contributed by atoms with van der Waals surface area (Å²) >= 11 is 1.71. The first-order valence-corrected chi connectivity index (χ1v) is 10.9. The van der Waals surface area contributed by atoms with Crippen molar-refractivity contribution in [3.8, 4) is 5.75 Å². The molecule has 30 heavy (non-hydrogen) atoms. The molecule has 1 aliphatic heterocycles. The van der Waals surface area contributed by atoms with E-state index in [0.29, 0.717) is 6.54 Å². The van der Waals surface area contributed by atoms with Gasteiger partial charge in [0.15, 0.2) is 5.96 Å². The fraction of sp³-hybridized carbons (Fsp3) is 0.524. The highest BCUT2D eigenvalue weighted by atomic mass is 127. The Kier molecular flexibility index (Phi) is 10.8. The van der Waals surface area contributed by atoms with Gasteiger partial charge in [0.1, 0.15) is 5.75 Å². The number of nitrogens with one attached hydrogen (secondary N) is 2. The molecule has 1 saturated heterocycles. The van der Waals surface area contributed by atoms with E-state index in [1.807, 2.05) is 12.1 Å². The van der Waals surface area contributed by atoms with Gasteiger partial charge in [0, 0.05) is 32.1 Å². The minimum absolute atomic E-state index is 0. The number of hydrogen-bond donors (Lipinski definition) is 2. The van der Waals surface area contributed by atoms with Crippen LogP contribution in [0.25, 0.3) is 0 Å². The lowest BCUT2D eigenvalue weighted by Gasteiger charge is -2.35. The first kappa shape index (κ1) is 24.8. The van der Waals surface area contributed by atoms with Crippen LogP contribution in [-0.2, 0) is 17.7 Å². The molecule has 0 spiro atoms. The summed E-state index contributed by atoms with van der Waals surface area (Å²) in [5.41, 5.74) is 2.30. The van der Waals surface area contributed by atoms with Gasteiger partial charge < -0.3 is 20.1 Å². The zero-order valence-electron chi connectivity index (χ0n) is 17.9. The molecule has 7 nitrogen and oxygen atoms in total. The van der Waals surface area contributed by atoms with Crippen LogP contribution in [0.5, 0.6) is 5.75 Å². The molecular formula is C21H32IN5O2S. The van der Waals surface area contributed by atoms with Crippen LogP contribution in [0, 0.1) is 0 Å². The van der Waals surface area contributed by atoms with E-state index in [9.17, 15) is 0 Å². The van der Waals surface area contributed by atoms with Gasteiger partial charge in [0.25, 0.3) is 0 Å². The average Bonchev–Trinajstić information content (AvgIpc) is 3.25. The molecular weight excluding hydrogens is 513 g/mol. The Balaban J connectivity index is 0.00000320. The van der Waals surface area contributed by atoms with Crippen LogP contribution in [-0.4, -0.2) is 62.8 Å². The van der Waals surface area contributed by atoms with E-state index in [0.717, 1.165) is 61.7 Å². The Hall–Kier alpha value is -1.43. The van der Waals surface area contributed by atoms with Crippen molar-refractivity contribution in [1.82, 2.24) is 20.5 Å². The van der Waals surface area contributed by atoms with Gasteiger partial charge in [-0.25, -0.2) is 4.98 Å². The Bertz CT molecular complexity index is 778. The van der Waals surface area contributed by atoms with Crippen LogP contribution in [0.3, 0.4) is 0 Å². The maximum atomic E-state index is 5.54. The number of aliphatic imine (C=N–C) groups is 1. The first-order valence-electron chi connectivity index (χ1n) is 10.1. The molecule has 9 heteroatoms. The minimum Gasteiger partial charge on any atom is -0.497 e. The Morgan fingerprint density at radius 3 is 2.60 bits per heavy atom. The SMILES string of the molecule is CCc1nc(CNC(=NC)NCC(c2ccc(OC)cc2)N2CCOCC2)cs1.I. The molecule has 1 atom stereocenters. The molecule has 1 aliphatic rings. The second kappa shape index (κ2) is 13.1. The second-order valence-electron chi connectivity index (χ2n) is 6.83. The lowest BCUT2D eigenvalue weighted by molar-refractivity contribution is 0.0170. The van der Waals surface area contributed by atoms with Gasteiger partial charge in [0.2, 0.25) is 0 Å². The van der Waals surface area contributed by atoms with E-state index >= 15 is 0 Å². The lowest BCUT2D eigenvalue weighted by Crippen LogP contribution is -2.46. The van der Waals surface area contributed by atoms with E-state index in [4.69, 9.17) is 9.47 Å². The molecule has 3 rings (SSSR count). The van der Waals surface area contributed by atoms with Crippen molar-refractivity contribution in [2.24, 2.45) is 4.99 Å². The summed E-state index contributed by atoms with van der Waals surface area (Å²) in [6.07, 6.45) is 0.973. The van der Waals surface area contributed by atoms with Crippen LogP contribution in [0.15, 0.2) is 34.6 Å². The van der Waals surface area contributed by atoms with Gasteiger partial charge in [-0.05, 0) is 24.1 Å². The molecule has 166 valence electrons. The molecule has 1 aromatic carbocycles. The zero-order chi connectivity index (χ0) is 20.5. The summed E-state index contributed by atoms with van der Waals surface area (Å²) in [5, 5.41) is 10.1. The molecule has 1 aromatic heterocycles. The number of rotatable bonds is 8. The highest BCUT2D eigenvalue weighted by molar-refractivity contribution is 14.0. The molecule has 0 saturated carbocycles. The number of halogens is 1. The number of guanidine groups is 1. The number of thiazole rings is 1. The fourth-order valence-corrected chi connectivity index (χ4v) is 4.10. The maximum Gasteiger partial charge on any atom is 0.191 e. The number of nitrogens with zero attached hydrogens (tertiary/aromatic N) is 3. The van der Waals surface area contributed by atoms with Gasteiger partial charge in [-0.3, -0.25) is 9.89 Å². The van der Waals surface area contributed by atoms with Gasteiger partial charge in [-0.1, -0.05) is 19.1 Å². The molecule has 0 radical (unpaired) electrons. The largest absolute Gasteiger partial charge is 0.497 e. The third kappa shape index (κ3) is 7.07. The minimum atomic E-state index is 0. The Morgan fingerprint density at radius 1 is 1.27 bits per heavy atom. The topological polar surface area (TPSA) is 71.0 Å². The lowest BCUT2D eigenvalue weighted by atomic mass is 10.0. The van der Waals surface area contributed by atoms with E-state index < -0.39 is 0 Å². The molecule has 2 N–H and O–H groups in total. The van der Waals surface area contributed by atoms with E-state index in [-0.39, 0.29) is 30.0 Å². The molecule has 1 unspecified atom stereocenters. The van der Waals surface area contributed by atoms with Gasteiger partial charge in [-0.15, -0.1) is 35.3 Å². The summed E-state index contributed by atoms with van der Waals surface area (Å²) in [5.74, 6) is 1.65. The van der Waals surface area contributed by atoms with E-state index in [1.54, 1.807) is 25.5 Å². The summed E-state index contributed by atoms with van der Waals surface area (Å²) < 4.78 is 10.9. The number of methoxy groups -OCH3 is 1. The van der Waals surface area contributed by atoms with Crippen LogP contribution < -0.4 is 15.4 Å². The Morgan fingerprint density at radius 2 is 2.00 bits per heavy atom. The number of hydrogen-bond acceptors (Lipinski definition) is 6. The van der Waals surface area contributed by atoms with Crippen LogP contribution >= 0.6 is 35.3 Å². The summed E-state index contributed by atoms with van der Waals surface area (Å²) in [6, 6.07) is 8.54. The molecule has 1 fully saturated rings. The molecule has 2 heterocycles. The van der Waals surface area contributed by atoms with Crippen molar-refractivity contribution < 1.29 is 9.47 Å². The monoisotopic (exact) mass is 545 g/mol. The third-order valence-electron chi connectivity index (χ3n) is 5.01. The molecule has 0 bridgehead atoms. The Labute approximate surface area is 200 Å².